The molecule has 32 heavy (non-hydrogen) atoms. The Balaban J connectivity index is 1.34. The highest BCUT2D eigenvalue weighted by Crippen LogP contribution is 2.30. The number of guanidine groups is 1. The molecule has 0 saturated heterocycles. The molecular weight excluding hydrogens is 404 g/mol. The quantitative estimate of drug-likeness (QED) is 0.485. The van der Waals surface area contributed by atoms with Crippen molar-refractivity contribution in [2.75, 3.05) is 26.3 Å². The molecule has 0 spiro atoms. The molecule has 4 rings (SSSR count). The van der Waals surface area contributed by atoms with Crippen molar-refractivity contribution in [1.29, 1.82) is 0 Å². The van der Waals surface area contributed by atoms with Crippen LogP contribution in [0.25, 0.3) is 0 Å². The van der Waals surface area contributed by atoms with E-state index in [-0.39, 0.29) is 0 Å². The number of aryl methyl sites for hydroxylation is 1. The van der Waals surface area contributed by atoms with E-state index in [1.165, 1.54) is 31.2 Å². The molecule has 2 heterocycles. The number of benzene rings is 1. The number of aromatic nitrogens is 3. The van der Waals surface area contributed by atoms with E-state index in [1.54, 1.807) is 6.33 Å². The Morgan fingerprint density at radius 3 is 2.78 bits per heavy atom. The average Bonchev–Trinajstić information content (AvgIpc) is 3.28. The predicted octanol–water partition coefficient (Wildman–Crippen LogP) is 2.97. The average molecular weight is 441 g/mol. The zero-order valence-electron chi connectivity index (χ0n) is 19.3. The van der Waals surface area contributed by atoms with Crippen molar-refractivity contribution in [1.82, 2.24) is 25.4 Å². The number of rotatable bonds is 8. The molecule has 1 saturated carbocycles. The van der Waals surface area contributed by atoms with Gasteiger partial charge in [-0.05, 0) is 55.7 Å². The number of nitrogens with zero attached hydrogens (tertiary/aromatic N) is 4. The number of ether oxygens (including phenoxy) is 2. The van der Waals surface area contributed by atoms with Crippen LogP contribution in [0.1, 0.15) is 50.9 Å². The van der Waals surface area contributed by atoms with E-state index in [0.717, 1.165) is 55.1 Å². The Morgan fingerprint density at radius 2 is 1.97 bits per heavy atom. The molecule has 1 aliphatic heterocycles. The van der Waals surface area contributed by atoms with Gasteiger partial charge in [-0.2, -0.15) is 0 Å². The Labute approximate surface area is 190 Å². The Bertz CT molecular complexity index is 888. The first-order chi connectivity index (χ1) is 15.7. The van der Waals surface area contributed by atoms with E-state index in [4.69, 9.17) is 14.5 Å². The summed E-state index contributed by atoms with van der Waals surface area (Å²) in [5, 5.41) is 15.4. The molecule has 2 aromatic rings. The zero-order chi connectivity index (χ0) is 22.2. The minimum Gasteiger partial charge on any atom is -0.486 e. The molecule has 0 radical (unpaired) electrons. The lowest BCUT2D eigenvalue weighted by Gasteiger charge is -2.28. The highest BCUT2D eigenvalue weighted by atomic mass is 16.6. The summed E-state index contributed by atoms with van der Waals surface area (Å²) >= 11 is 0. The van der Waals surface area contributed by atoms with Crippen molar-refractivity contribution in [2.24, 2.45) is 10.9 Å². The highest BCUT2D eigenvalue weighted by Gasteiger charge is 2.19. The van der Waals surface area contributed by atoms with Crippen molar-refractivity contribution < 1.29 is 9.47 Å². The Hall–Kier alpha value is -2.77. The molecule has 2 N–H and O–H groups in total. The number of aliphatic imine (C=N–C) groups is 1. The van der Waals surface area contributed by atoms with E-state index in [1.807, 2.05) is 6.07 Å². The number of hydrogen-bond donors (Lipinski definition) is 2. The number of hydrogen-bond acceptors (Lipinski definition) is 5. The van der Waals surface area contributed by atoms with Gasteiger partial charge in [0.15, 0.2) is 17.5 Å². The van der Waals surface area contributed by atoms with Crippen molar-refractivity contribution in [3.8, 4) is 11.5 Å². The lowest BCUT2D eigenvalue weighted by Crippen LogP contribution is -2.45. The molecule has 0 unspecified atom stereocenters. The van der Waals surface area contributed by atoms with Gasteiger partial charge in [-0.3, -0.25) is 4.99 Å². The molecule has 8 heteroatoms. The van der Waals surface area contributed by atoms with E-state index in [2.05, 4.69) is 51.4 Å². The lowest BCUT2D eigenvalue weighted by atomic mass is 9.87. The summed E-state index contributed by atoms with van der Waals surface area (Å²) in [6.07, 6.45) is 8.51. The summed E-state index contributed by atoms with van der Waals surface area (Å²) in [5.74, 6) is 4.41. The van der Waals surface area contributed by atoms with Crippen LogP contribution in [0.4, 0.5) is 0 Å². The molecule has 1 fully saturated rings. The first-order valence-electron chi connectivity index (χ1n) is 12.0. The molecule has 0 atom stereocenters. The van der Waals surface area contributed by atoms with Crippen molar-refractivity contribution >= 4 is 5.96 Å². The third kappa shape index (κ3) is 6.14. The summed E-state index contributed by atoms with van der Waals surface area (Å²) in [5.41, 5.74) is 1.21. The van der Waals surface area contributed by atoms with Gasteiger partial charge in [0.1, 0.15) is 25.4 Å². The fourth-order valence-corrected chi connectivity index (χ4v) is 4.32. The van der Waals surface area contributed by atoms with Gasteiger partial charge < -0.3 is 24.7 Å². The molecule has 0 amide bonds. The van der Waals surface area contributed by atoms with Crippen LogP contribution in [0.15, 0.2) is 29.5 Å². The minimum atomic E-state index is 0.493. The smallest absolute Gasteiger partial charge is 0.191 e. The van der Waals surface area contributed by atoms with Crippen LogP contribution in [0.3, 0.4) is 0 Å². The van der Waals surface area contributed by atoms with Crippen molar-refractivity contribution in [3.63, 3.8) is 0 Å². The van der Waals surface area contributed by atoms with Gasteiger partial charge in [-0.1, -0.05) is 19.9 Å². The Morgan fingerprint density at radius 1 is 1.16 bits per heavy atom. The van der Waals surface area contributed by atoms with E-state index in [9.17, 15) is 0 Å². The van der Waals surface area contributed by atoms with Crippen LogP contribution < -0.4 is 20.1 Å². The summed E-state index contributed by atoms with van der Waals surface area (Å²) in [7, 11) is 0. The largest absolute Gasteiger partial charge is 0.486 e. The third-order valence-electron chi connectivity index (χ3n) is 6.29. The number of fused-ring (bicyclic) bond motifs is 1. The first-order valence-corrected chi connectivity index (χ1v) is 12.0. The molecule has 0 bridgehead atoms. The second kappa shape index (κ2) is 11.2. The predicted molar refractivity (Wildman–Crippen MR) is 125 cm³/mol. The van der Waals surface area contributed by atoms with Crippen LogP contribution >= 0.6 is 0 Å². The summed E-state index contributed by atoms with van der Waals surface area (Å²) in [6.45, 7) is 7.99. The zero-order valence-corrected chi connectivity index (χ0v) is 19.3. The Kier molecular flexibility index (Phi) is 7.85. The molecule has 174 valence electrons. The van der Waals surface area contributed by atoms with Gasteiger partial charge in [0.05, 0.1) is 0 Å². The first kappa shape index (κ1) is 22.4. The normalized spacial score (nSPS) is 20.8. The third-order valence-corrected chi connectivity index (χ3v) is 6.29. The number of nitrogens with one attached hydrogen (secondary N) is 2. The van der Waals surface area contributed by atoms with Gasteiger partial charge in [-0.25, -0.2) is 0 Å². The second-order valence-corrected chi connectivity index (χ2v) is 8.78. The van der Waals surface area contributed by atoms with Crippen LogP contribution in [0.5, 0.6) is 11.5 Å². The molecule has 8 nitrogen and oxygen atoms in total. The van der Waals surface area contributed by atoms with E-state index < -0.39 is 0 Å². The highest BCUT2D eigenvalue weighted by molar-refractivity contribution is 5.80. The van der Waals surface area contributed by atoms with Gasteiger partial charge in [0.25, 0.3) is 0 Å². The maximum Gasteiger partial charge on any atom is 0.191 e. The topological polar surface area (TPSA) is 85.6 Å². The summed E-state index contributed by atoms with van der Waals surface area (Å²) in [4.78, 5) is 4.89. The van der Waals surface area contributed by atoms with Crippen molar-refractivity contribution in [2.45, 2.75) is 65.0 Å². The van der Waals surface area contributed by atoms with Gasteiger partial charge in [-0.15, -0.1) is 10.2 Å². The standard InChI is InChI=1S/C24H36N6O2/c1-3-23-29-27-17-30(23)13-12-26-24(28-20-7-4-18(2)5-8-20)25-11-10-19-6-9-21-22(16-19)32-15-14-31-21/h6,9,16-18,20H,3-5,7-8,10-15H2,1-2H3,(H2,25,26,28). The van der Waals surface area contributed by atoms with Gasteiger partial charge in [0.2, 0.25) is 0 Å². The molecule has 1 aromatic heterocycles. The molecular formula is C24H36N6O2. The summed E-state index contributed by atoms with van der Waals surface area (Å²) in [6, 6.07) is 6.67. The van der Waals surface area contributed by atoms with Crippen LogP contribution in [-0.4, -0.2) is 53.1 Å². The molecule has 1 aromatic carbocycles. The molecule has 1 aliphatic carbocycles. The lowest BCUT2D eigenvalue weighted by molar-refractivity contribution is 0.171. The SMILES string of the molecule is CCc1nncn1CCNC(=NCCc1ccc2c(c1)OCCO2)NC1CCC(C)CC1. The fourth-order valence-electron chi connectivity index (χ4n) is 4.32. The summed E-state index contributed by atoms with van der Waals surface area (Å²) < 4.78 is 13.4. The van der Waals surface area contributed by atoms with E-state index >= 15 is 0 Å². The maximum atomic E-state index is 5.71. The maximum absolute atomic E-state index is 5.71. The fraction of sp³-hybridized carbons (Fsp3) is 0.625. The van der Waals surface area contributed by atoms with Gasteiger partial charge >= 0.3 is 0 Å². The van der Waals surface area contributed by atoms with Gasteiger partial charge in [0, 0.05) is 32.1 Å². The van der Waals surface area contributed by atoms with Crippen molar-refractivity contribution in [3.05, 3.63) is 35.9 Å². The molecule has 2 aliphatic rings. The monoisotopic (exact) mass is 440 g/mol. The van der Waals surface area contributed by atoms with E-state index in [0.29, 0.717) is 25.8 Å². The second-order valence-electron chi connectivity index (χ2n) is 8.78. The van der Waals surface area contributed by atoms with Crippen LogP contribution in [-0.2, 0) is 19.4 Å². The van der Waals surface area contributed by atoms with Crippen LogP contribution in [0, 0.1) is 5.92 Å². The van der Waals surface area contributed by atoms with Crippen LogP contribution in [0.2, 0.25) is 0 Å². The minimum absolute atomic E-state index is 0.493.